The lowest BCUT2D eigenvalue weighted by molar-refractivity contribution is 0.0992. The number of aromatic hydroxyl groups is 1. The summed E-state index contributed by atoms with van der Waals surface area (Å²) in [5.74, 6) is -0.0977. The van der Waals surface area contributed by atoms with Gasteiger partial charge in [0, 0.05) is 12.1 Å². The minimum absolute atomic E-state index is 0.0589. The Morgan fingerprint density at radius 3 is 2.38 bits per heavy atom. The van der Waals surface area contributed by atoms with Crippen LogP contribution in [0.1, 0.15) is 17.3 Å². The van der Waals surface area contributed by atoms with Gasteiger partial charge in [-0.15, -0.1) is 0 Å². The predicted octanol–water partition coefficient (Wildman–Crippen LogP) is 0.894. The lowest BCUT2D eigenvalue weighted by atomic mass is 10.1. The third-order valence-corrected chi connectivity index (χ3v) is 1.94. The van der Waals surface area contributed by atoms with Crippen LogP contribution in [-0.2, 0) is 0 Å². The van der Waals surface area contributed by atoms with Gasteiger partial charge in [0.1, 0.15) is 5.75 Å². The SMILES string of the molecule is CCNC(=O)NCC(=O)c1ccc(O)cc1. The normalized spacial score (nSPS) is 9.56. The number of phenols is 1. The van der Waals surface area contributed by atoms with E-state index in [0.29, 0.717) is 12.1 Å². The molecule has 5 nitrogen and oxygen atoms in total. The zero-order valence-electron chi connectivity index (χ0n) is 8.99. The standard InChI is InChI=1S/C11H14N2O3/c1-2-12-11(16)13-7-10(15)8-3-5-9(14)6-4-8/h3-6,14H,2,7H2,1H3,(H2,12,13,16). The highest BCUT2D eigenvalue weighted by Gasteiger charge is 2.07. The van der Waals surface area contributed by atoms with Gasteiger partial charge in [-0.2, -0.15) is 0 Å². The van der Waals surface area contributed by atoms with Gasteiger partial charge in [-0.05, 0) is 31.2 Å². The van der Waals surface area contributed by atoms with E-state index in [0.717, 1.165) is 0 Å². The fraction of sp³-hybridized carbons (Fsp3) is 0.273. The average Bonchev–Trinajstić information content (AvgIpc) is 2.27. The first kappa shape index (κ1) is 12.0. The number of urea groups is 1. The van der Waals surface area contributed by atoms with Crippen molar-refractivity contribution in [1.82, 2.24) is 10.6 Å². The molecule has 2 amide bonds. The van der Waals surface area contributed by atoms with E-state index in [4.69, 9.17) is 5.11 Å². The largest absolute Gasteiger partial charge is 0.508 e. The van der Waals surface area contributed by atoms with Crippen molar-refractivity contribution in [2.45, 2.75) is 6.92 Å². The Kier molecular flexibility index (Phi) is 4.32. The van der Waals surface area contributed by atoms with Gasteiger partial charge in [0.15, 0.2) is 5.78 Å². The van der Waals surface area contributed by atoms with Crippen LogP contribution in [0.15, 0.2) is 24.3 Å². The number of phenolic OH excluding ortho intramolecular Hbond substituents is 1. The van der Waals surface area contributed by atoms with E-state index in [1.54, 1.807) is 6.92 Å². The maximum Gasteiger partial charge on any atom is 0.315 e. The molecule has 16 heavy (non-hydrogen) atoms. The topological polar surface area (TPSA) is 78.4 Å². The maximum absolute atomic E-state index is 11.5. The molecule has 86 valence electrons. The van der Waals surface area contributed by atoms with Crippen molar-refractivity contribution >= 4 is 11.8 Å². The van der Waals surface area contributed by atoms with Crippen molar-refractivity contribution in [3.8, 4) is 5.75 Å². The van der Waals surface area contributed by atoms with E-state index in [-0.39, 0.29) is 24.1 Å². The molecule has 1 aromatic carbocycles. The molecular weight excluding hydrogens is 208 g/mol. The van der Waals surface area contributed by atoms with Crippen LogP contribution in [0, 0.1) is 0 Å². The summed E-state index contributed by atoms with van der Waals surface area (Å²) in [4.78, 5) is 22.6. The molecule has 0 saturated heterocycles. The first-order valence-corrected chi connectivity index (χ1v) is 4.97. The number of Topliss-reactive ketones (excluding diaryl/α,β-unsaturated/α-hetero) is 1. The van der Waals surface area contributed by atoms with Crippen molar-refractivity contribution in [1.29, 1.82) is 0 Å². The molecule has 1 aromatic rings. The molecule has 0 aliphatic heterocycles. The molecule has 0 saturated carbocycles. The van der Waals surface area contributed by atoms with Crippen molar-refractivity contribution in [2.75, 3.05) is 13.1 Å². The Hall–Kier alpha value is -2.04. The highest BCUT2D eigenvalue weighted by molar-refractivity contribution is 5.99. The Balaban J connectivity index is 2.47. The summed E-state index contributed by atoms with van der Waals surface area (Å²) >= 11 is 0. The molecular formula is C11H14N2O3. The van der Waals surface area contributed by atoms with Gasteiger partial charge in [-0.1, -0.05) is 0 Å². The molecule has 0 fully saturated rings. The van der Waals surface area contributed by atoms with Gasteiger partial charge < -0.3 is 15.7 Å². The quantitative estimate of drug-likeness (QED) is 0.662. The maximum atomic E-state index is 11.5. The second-order valence-corrected chi connectivity index (χ2v) is 3.18. The van der Waals surface area contributed by atoms with Crippen molar-refractivity contribution in [2.24, 2.45) is 0 Å². The molecule has 5 heteroatoms. The van der Waals surface area contributed by atoms with Crippen LogP contribution >= 0.6 is 0 Å². The highest BCUT2D eigenvalue weighted by Crippen LogP contribution is 2.09. The molecule has 0 unspecified atom stereocenters. The van der Waals surface area contributed by atoms with Crippen molar-refractivity contribution in [3.63, 3.8) is 0 Å². The summed E-state index contributed by atoms with van der Waals surface area (Å²) in [6.45, 7) is 2.25. The van der Waals surface area contributed by atoms with Gasteiger partial charge in [0.2, 0.25) is 0 Å². The van der Waals surface area contributed by atoms with E-state index >= 15 is 0 Å². The molecule has 3 N–H and O–H groups in total. The zero-order chi connectivity index (χ0) is 12.0. The van der Waals surface area contributed by atoms with Crippen LogP contribution in [-0.4, -0.2) is 30.0 Å². The van der Waals surface area contributed by atoms with Crippen LogP contribution in [0.25, 0.3) is 0 Å². The molecule has 0 heterocycles. The molecule has 1 rings (SSSR count). The Bertz CT molecular complexity index is 373. The van der Waals surface area contributed by atoms with Crippen molar-refractivity contribution < 1.29 is 14.7 Å². The number of carbonyl (C=O) groups excluding carboxylic acids is 2. The fourth-order valence-corrected chi connectivity index (χ4v) is 1.13. The highest BCUT2D eigenvalue weighted by atomic mass is 16.3. The summed E-state index contributed by atoms with van der Waals surface area (Å²) in [6, 6.07) is 5.52. The zero-order valence-corrected chi connectivity index (χ0v) is 8.99. The van der Waals surface area contributed by atoms with Gasteiger partial charge in [-0.3, -0.25) is 4.79 Å². The Morgan fingerprint density at radius 2 is 1.81 bits per heavy atom. The van der Waals surface area contributed by atoms with Gasteiger partial charge in [0.25, 0.3) is 0 Å². The minimum atomic E-state index is -0.366. The number of hydrogen-bond donors (Lipinski definition) is 3. The van der Waals surface area contributed by atoms with E-state index in [9.17, 15) is 9.59 Å². The van der Waals surface area contributed by atoms with Crippen LogP contribution in [0.4, 0.5) is 4.79 Å². The van der Waals surface area contributed by atoms with E-state index in [1.165, 1.54) is 24.3 Å². The van der Waals surface area contributed by atoms with E-state index in [1.807, 2.05) is 0 Å². The summed E-state index contributed by atoms with van der Waals surface area (Å²) < 4.78 is 0. The molecule has 0 radical (unpaired) electrons. The number of amides is 2. The van der Waals surface area contributed by atoms with Crippen LogP contribution in [0.2, 0.25) is 0 Å². The van der Waals surface area contributed by atoms with Crippen LogP contribution in [0.3, 0.4) is 0 Å². The lowest BCUT2D eigenvalue weighted by Gasteiger charge is -2.05. The molecule has 0 bridgehead atoms. The molecule has 0 spiro atoms. The van der Waals surface area contributed by atoms with Crippen LogP contribution < -0.4 is 10.6 Å². The molecule has 0 aliphatic carbocycles. The smallest absolute Gasteiger partial charge is 0.315 e. The van der Waals surface area contributed by atoms with E-state index < -0.39 is 0 Å². The third-order valence-electron chi connectivity index (χ3n) is 1.94. The number of benzene rings is 1. The number of ketones is 1. The third kappa shape index (κ3) is 3.61. The summed E-state index contributed by atoms with van der Waals surface area (Å²) in [5, 5.41) is 14.0. The molecule has 0 aliphatic rings. The van der Waals surface area contributed by atoms with Gasteiger partial charge in [-0.25, -0.2) is 4.79 Å². The number of nitrogens with one attached hydrogen (secondary N) is 2. The summed E-state index contributed by atoms with van der Waals surface area (Å²) in [6.07, 6.45) is 0. The van der Waals surface area contributed by atoms with Gasteiger partial charge >= 0.3 is 6.03 Å². The molecule has 0 atom stereocenters. The molecule has 0 aromatic heterocycles. The number of carbonyl (C=O) groups is 2. The monoisotopic (exact) mass is 222 g/mol. The second kappa shape index (κ2) is 5.75. The Labute approximate surface area is 93.5 Å². The fourth-order valence-electron chi connectivity index (χ4n) is 1.13. The number of rotatable bonds is 4. The second-order valence-electron chi connectivity index (χ2n) is 3.18. The van der Waals surface area contributed by atoms with Gasteiger partial charge in [0.05, 0.1) is 6.54 Å². The summed E-state index contributed by atoms with van der Waals surface area (Å²) in [7, 11) is 0. The predicted molar refractivity (Wildman–Crippen MR) is 59.5 cm³/mol. The summed E-state index contributed by atoms with van der Waals surface area (Å²) in [5.41, 5.74) is 0.453. The number of hydrogen-bond acceptors (Lipinski definition) is 3. The minimum Gasteiger partial charge on any atom is -0.508 e. The first-order chi connectivity index (χ1) is 7.63. The first-order valence-electron chi connectivity index (χ1n) is 4.97. The average molecular weight is 222 g/mol. The Morgan fingerprint density at radius 1 is 1.19 bits per heavy atom. The van der Waals surface area contributed by atoms with Crippen LogP contribution in [0.5, 0.6) is 5.75 Å². The van der Waals surface area contributed by atoms with Crippen molar-refractivity contribution in [3.05, 3.63) is 29.8 Å². The lowest BCUT2D eigenvalue weighted by Crippen LogP contribution is -2.38. The van der Waals surface area contributed by atoms with E-state index in [2.05, 4.69) is 10.6 Å².